The number of aliphatic imine (C=N–C) groups is 1. The third-order valence-electron chi connectivity index (χ3n) is 6.77. The Morgan fingerprint density at radius 2 is 1.65 bits per heavy atom. The van der Waals surface area contributed by atoms with Gasteiger partial charge in [0, 0.05) is 28.1 Å². The van der Waals surface area contributed by atoms with Crippen LogP contribution in [0.3, 0.4) is 0 Å². The van der Waals surface area contributed by atoms with E-state index < -0.39 is 16.0 Å². The molecule has 3 N–H and O–H groups in total. The number of aromatic carboxylic acids is 1. The Labute approximate surface area is 305 Å². The van der Waals surface area contributed by atoms with Crippen LogP contribution in [0.5, 0.6) is 0 Å². The molecule has 7 rings (SSSR count). The number of ether oxygens (including phenoxy) is 1. The number of nitrogens with two attached hydrogens (primary N) is 1. The van der Waals surface area contributed by atoms with Gasteiger partial charge in [-0.15, -0.1) is 22.7 Å². The average molecular weight is 847 g/mol. The van der Waals surface area contributed by atoms with Crippen molar-refractivity contribution in [3.63, 3.8) is 0 Å². The highest BCUT2D eigenvalue weighted by Crippen LogP contribution is 2.26. The molecule has 12 nitrogen and oxygen atoms in total. The van der Waals surface area contributed by atoms with Crippen molar-refractivity contribution in [3.05, 3.63) is 121 Å². The number of rotatable bonds is 7. The van der Waals surface area contributed by atoms with Gasteiger partial charge >= 0.3 is 11.9 Å². The number of carboxylic acids is 1. The molecular formula is C32H26Br2N6O6S3. The highest BCUT2D eigenvalue weighted by molar-refractivity contribution is 9.18. The number of hydrogen-bond acceptors (Lipinski definition) is 11. The minimum absolute atomic E-state index is 0.0280. The van der Waals surface area contributed by atoms with Crippen molar-refractivity contribution in [1.82, 2.24) is 19.7 Å². The van der Waals surface area contributed by atoms with Gasteiger partial charge in [0.2, 0.25) is 15.2 Å². The third-order valence-corrected chi connectivity index (χ3v) is 10.6. The number of fused-ring (bicyclic) bond motifs is 2. The van der Waals surface area contributed by atoms with E-state index in [0.29, 0.717) is 27.8 Å². The number of esters is 1. The number of halogens is 2. The molecule has 0 fully saturated rings. The Bertz CT molecular complexity index is 2270. The van der Waals surface area contributed by atoms with Crippen LogP contribution >= 0.6 is 54.5 Å². The summed E-state index contributed by atoms with van der Waals surface area (Å²) in [5, 5.41) is 23.4. The van der Waals surface area contributed by atoms with Crippen LogP contribution in [0.1, 0.15) is 50.3 Å². The molecule has 1 aliphatic rings. The highest BCUT2D eigenvalue weighted by Gasteiger charge is 2.17. The third kappa shape index (κ3) is 9.11. The predicted molar refractivity (Wildman–Crippen MR) is 196 cm³/mol. The number of aromatic nitrogens is 4. The molecule has 1 aliphatic heterocycles. The summed E-state index contributed by atoms with van der Waals surface area (Å²) < 4.78 is 30.8. The Morgan fingerprint density at radius 3 is 2.29 bits per heavy atom. The molecule has 3 aromatic heterocycles. The number of carbonyl (C=O) groups is 2. The van der Waals surface area contributed by atoms with Crippen molar-refractivity contribution in [2.24, 2.45) is 10.1 Å². The molecule has 3 aromatic carbocycles. The summed E-state index contributed by atoms with van der Waals surface area (Å²) in [5.41, 5.74) is 5.34. The van der Waals surface area contributed by atoms with Gasteiger partial charge in [0.25, 0.3) is 0 Å². The molecule has 0 saturated heterocycles. The Morgan fingerprint density at radius 1 is 0.959 bits per heavy atom. The van der Waals surface area contributed by atoms with Crippen molar-refractivity contribution >= 4 is 92.0 Å². The quantitative estimate of drug-likeness (QED) is 0.163. The van der Waals surface area contributed by atoms with Crippen molar-refractivity contribution in [2.75, 3.05) is 6.61 Å². The van der Waals surface area contributed by atoms with Crippen LogP contribution in [0.15, 0.2) is 97.4 Å². The van der Waals surface area contributed by atoms with Crippen LogP contribution in [0.25, 0.3) is 16.0 Å². The maximum absolute atomic E-state index is 11.4. The summed E-state index contributed by atoms with van der Waals surface area (Å²) in [5.74, 6) is -1.46. The van der Waals surface area contributed by atoms with Gasteiger partial charge in [-0.3, -0.25) is 4.99 Å². The van der Waals surface area contributed by atoms with E-state index in [-0.39, 0.29) is 16.6 Å². The standard InChI is InChI=1S/C18H14N4O4S2.C8H6BrN.C6H6BrNO2S/c19-28(25,26)12-7-5-11(6-8-12)9-14-13-3-1-2-4-16(13)22(21-14)18-20-15(10-27-18)17(23)24;9-8-7-4-2-1-3-6(7)5-10-8;1-2-10-5(9)4-3-11-6(7)8-4/h1-8,10H,9H2,(H,23,24)(H2,19,25,26);1-4H,5H2;3H,2H2,1H3. The van der Waals surface area contributed by atoms with E-state index in [1.807, 2.05) is 36.4 Å². The maximum atomic E-state index is 11.4. The fourth-order valence-electron chi connectivity index (χ4n) is 4.51. The lowest BCUT2D eigenvalue weighted by molar-refractivity contribution is 0.0519. The molecule has 17 heteroatoms. The second kappa shape index (κ2) is 16.1. The summed E-state index contributed by atoms with van der Waals surface area (Å²) in [7, 11) is -3.74. The number of thiazole rings is 2. The maximum Gasteiger partial charge on any atom is 0.357 e. The van der Waals surface area contributed by atoms with Gasteiger partial charge in [-0.2, -0.15) is 5.10 Å². The van der Waals surface area contributed by atoms with E-state index in [9.17, 15) is 18.0 Å². The van der Waals surface area contributed by atoms with E-state index in [0.717, 1.165) is 33.3 Å². The SMILES string of the molecule is BrC1=NCc2ccccc21.CCOC(=O)c1csc(Br)n1.NS(=O)(=O)c1ccc(Cc2nn(-c3nc(C(=O)O)cs3)c3ccccc23)cc1. The second-order valence-corrected chi connectivity index (χ2v) is 15.3. The van der Waals surface area contributed by atoms with E-state index in [2.05, 4.69) is 64.1 Å². The molecule has 0 atom stereocenters. The van der Waals surface area contributed by atoms with Gasteiger partial charge in [-0.1, -0.05) is 54.6 Å². The molecule has 0 spiro atoms. The second-order valence-electron chi connectivity index (χ2n) is 10.0. The van der Waals surface area contributed by atoms with Crippen LogP contribution in [0, 0.1) is 0 Å². The van der Waals surface area contributed by atoms with Gasteiger partial charge in [0.15, 0.2) is 15.3 Å². The van der Waals surface area contributed by atoms with E-state index in [1.165, 1.54) is 51.3 Å². The minimum atomic E-state index is -3.74. The van der Waals surface area contributed by atoms with Crippen LogP contribution < -0.4 is 5.14 Å². The van der Waals surface area contributed by atoms with E-state index in [1.54, 1.807) is 29.1 Å². The highest BCUT2D eigenvalue weighted by atomic mass is 79.9. The first-order valence-electron chi connectivity index (χ1n) is 14.3. The molecule has 0 unspecified atom stereocenters. The van der Waals surface area contributed by atoms with Gasteiger partial charge < -0.3 is 9.84 Å². The zero-order valence-electron chi connectivity index (χ0n) is 25.5. The first-order valence-corrected chi connectivity index (χ1v) is 19.2. The zero-order chi connectivity index (χ0) is 35.1. The molecule has 0 aliphatic carbocycles. The lowest BCUT2D eigenvalue weighted by atomic mass is 10.1. The predicted octanol–water partition coefficient (Wildman–Crippen LogP) is 6.84. The molecule has 0 saturated carbocycles. The Hall–Kier alpha value is -4.13. The fourth-order valence-corrected chi connectivity index (χ4v) is 7.28. The van der Waals surface area contributed by atoms with Crippen molar-refractivity contribution in [3.8, 4) is 5.13 Å². The lowest BCUT2D eigenvalue weighted by Gasteiger charge is -2.02. The molecule has 0 bridgehead atoms. The van der Waals surface area contributed by atoms with Crippen LogP contribution in [0.2, 0.25) is 0 Å². The number of primary sulfonamides is 1. The van der Waals surface area contributed by atoms with Gasteiger partial charge in [0.1, 0.15) is 4.62 Å². The van der Waals surface area contributed by atoms with Gasteiger partial charge in [0.05, 0.1) is 29.3 Å². The Kier molecular flexibility index (Phi) is 11.8. The van der Waals surface area contributed by atoms with Crippen molar-refractivity contribution in [1.29, 1.82) is 0 Å². The summed E-state index contributed by atoms with van der Waals surface area (Å²) in [6.45, 7) is 2.98. The number of carbonyl (C=O) groups excluding carboxylic acids is 1. The number of nitrogens with zero attached hydrogens (tertiary/aromatic N) is 5. The zero-order valence-corrected chi connectivity index (χ0v) is 31.1. The van der Waals surface area contributed by atoms with Crippen LogP contribution in [0.4, 0.5) is 0 Å². The minimum Gasteiger partial charge on any atom is -0.476 e. The molecule has 252 valence electrons. The average Bonchev–Trinajstić information content (AvgIpc) is 3.89. The summed E-state index contributed by atoms with van der Waals surface area (Å²) in [4.78, 5) is 34.4. The monoisotopic (exact) mass is 844 g/mol. The fraction of sp³-hybridized carbons (Fsp3) is 0.125. The number of benzene rings is 3. The molecule has 49 heavy (non-hydrogen) atoms. The molecular weight excluding hydrogens is 820 g/mol. The summed E-state index contributed by atoms with van der Waals surface area (Å²) in [6, 6.07) is 22.1. The van der Waals surface area contributed by atoms with E-state index in [4.69, 9.17) is 15.0 Å². The summed E-state index contributed by atoms with van der Waals surface area (Å²) in [6.07, 6.45) is 0.468. The molecule has 6 aromatic rings. The first-order chi connectivity index (χ1) is 23.4. The van der Waals surface area contributed by atoms with Crippen molar-refractivity contribution in [2.45, 2.75) is 24.8 Å². The number of sulfonamides is 1. The number of carboxylic acid groups (broad SMARTS) is 1. The lowest BCUT2D eigenvalue weighted by Crippen LogP contribution is -2.11. The van der Waals surface area contributed by atoms with Crippen LogP contribution in [-0.4, -0.2) is 56.4 Å². The first kappa shape index (κ1) is 36.2. The Balaban J connectivity index is 0.000000181. The molecule has 4 heterocycles. The molecule has 0 radical (unpaired) electrons. The van der Waals surface area contributed by atoms with Gasteiger partial charge in [-0.05, 0) is 68.1 Å². The van der Waals surface area contributed by atoms with Gasteiger partial charge in [-0.25, -0.2) is 37.8 Å². The summed E-state index contributed by atoms with van der Waals surface area (Å²) >= 11 is 9.10. The number of hydrogen-bond donors (Lipinski definition) is 2. The topological polar surface area (TPSA) is 180 Å². The van der Waals surface area contributed by atoms with Crippen LogP contribution in [-0.2, 0) is 27.7 Å². The normalized spacial score (nSPS) is 11.9. The van der Waals surface area contributed by atoms with Crippen molar-refractivity contribution < 1.29 is 27.9 Å². The van der Waals surface area contributed by atoms with E-state index >= 15 is 0 Å². The largest absolute Gasteiger partial charge is 0.476 e. The number of para-hydroxylation sites is 1. The smallest absolute Gasteiger partial charge is 0.357 e. The molecule has 0 amide bonds.